The van der Waals surface area contributed by atoms with Gasteiger partial charge >= 0.3 is 0 Å². The van der Waals surface area contributed by atoms with Gasteiger partial charge in [0.2, 0.25) is 0 Å². The van der Waals surface area contributed by atoms with Crippen LogP contribution in [-0.2, 0) is 0 Å². The van der Waals surface area contributed by atoms with Crippen LogP contribution in [0.15, 0.2) is 6.33 Å². The molecule has 0 bridgehead atoms. The Balaban J connectivity index is 2.85. The van der Waals surface area contributed by atoms with E-state index >= 15 is 0 Å². The molecule has 0 aliphatic heterocycles. The van der Waals surface area contributed by atoms with E-state index in [1.807, 2.05) is 20.8 Å². The summed E-state index contributed by atoms with van der Waals surface area (Å²) < 4.78 is 0. The standard InChI is InChI=1S/C10H18N4O/c1-7-8(11)12-6-13-9(7)14-10(2,3)4-5-15/h6,15H,4-5H2,1-3H3,(H3,11,12,13,14). The maximum absolute atomic E-state index is 8.91. The van der Waals surface area contributed by atoms with Crippen molar-refractivity contribution in [2.45, 2.75) is 32.7 Å². The number of hydrogen-bond donors (Lipinski definition) is 3. The summed E-state index contributed by atoms with van der Waals surface area (Å²) >= 11 is 0. The minimum atomic E-state index is -0.208. The molecule has 0 amide bonds. The Bertz CT molecular complexity index is 338. The van der Waals surface area contributed by atoms with Crippen molar-refractivity contribution in [3.8, 4) is 0 Å². The van der Waals surface area contributed by atoms with Gasteiger partial charge in [0.1, 0.15) is 18.0 Å². The summed E-state index contributed by atoms with van der Waals surface area (Å²) in [4.78, 5) is 8.02. The molecule has 0 saturated carbocycles. The van der Waals surface area contributed by atoms with Crippen LogP contribution in [0.3, 0.4) is 0 Å². The van der Waals surface area contributed by atoms with E-state index in [1.165, 1.54) is 6.33 Å². The monoisotopic (exact) mass is 210 g/mol. The van der Waals surface area contributed by atoms with Crippen LogP contribution < -0.4 is 11.1 Å². The fourth-order valence-electron chi connectivity index (χ4n) is 1.25. The Morgan fingerprint density at radius 2 is 2.13 bits per heavy atom. The number of aliphatic hydroxyl groups is 1. The number of aliphatic hydroxyl groups excluding tert-OH is 1. The molecule has 1 aromatic heterocycles. The molecule has 0 fully saturated rings. The van der Waals surface area contributed by atoms with Crippen LogP contribution in [0.4, 0.5) is 11.6 Å². The normalized spacial score (nSPS) is 11.5. The largest absolute Gasteiger partial charge is 0.396 e. The molecule has 1 heterocycles. The lowest BCUT2D eigenvalue weighted by molar-refractivity contribution is 0.260. The first kappa shape index (κ1) is 11.7. The predicted molar refractivity (Wildman–Crippen MR) is 60.6 cm³/mol. The topological polar surface area (TPSA) is 84.1 Å². The second kappa shape index (κ2) is 4.44. The molecule has 1 rings (SSSR count). The van der Waals surface area contributed by atoms with Crippen molar-refractivity contribution in [1.82, 2.24) is 9.97 Å². The van der Waals surface area contributed by atoms with Crippen LogP contribution in [0.2, 0.25) is 0 Å². The molecule has 0 aliphatic carbocycles. The van der Waals surface area contributed by atoms with Crippen molar-refractivity contribution in [2.24, 2.45) is 0 Å². The van der Waals surface area contributed by atoms with E-state index in [4.69, 9.17) is 10.8 Å². The summed E-state index contributed by atoms with van der Waals surface area (Å²) in [5, 5.41) is 12.1. The van der Waals surface area contributed by atoms with Crippen molar-refractivity contribution in [3.05, 3.63) is 11.9 Å². The molecule has 0 spiro atoms. The fraction of sp³-hybridized carbons (Fsp3) is 0.600. The molecule has 0 radical (unpaired) electrons. The van der Waals surface area contributed by atoms with Crippen LogP contribution in [0.25, 0.3) is 0 Å². The molecule has 0 atom stereocenters. The van der Waals surface area contributed by atoms with Gasteiger partial charge in [-0.25, -0.2) is 9.97 Å². The SMILES string of the molecule is Cc1c(N)ncnc1NC(C)(C)CCO. The van der Waals surface area contributed by atoms with E-state index in [0.29, 0.717) is 12.2 Å². The van der Waals surface area contributed by atoms with Crippen LogP contribution in [0.5, 0.6) is 0 Å². The number of aromatic nitrogens is 2. The third kappa shape index (κ3) is 3.06. The summed E-state index contributed by atoms with van der Waals surface area (Å²) in [7, 11) is 0. The third-order valence-electron chi connectivity index (χ3n) is 2.32. The molecular weight excluding hydrogens is 192 g/mol. The van der Waals surface area contributed by atoms with Crippen molar-refractivity contribution < 1.29 is 5.11 Å². The molecule has 0 aliphatic rings. The summed E-state index contributed by atoms with van der Waals surface area (Å²) in [5.74, 6) is 1.20. The number of nitrogens with zero attached hydrogens (tertiary/aromatic N) is 2. The van der Waals surface area contributed by atoms with Gasteiger partial charge in [-0.1, -0.05) is 0 Å². The van der Waals surface area contributed by atoms with Gasteiger partial charge in [0, 0.05) is 17.7 Å². The molecular formula is C10H18N4O. The third-order valence-corrected chi connectivity index (χ3v) is 2.32. The summed E-state index contributed by atoms with van der Waals surface area (Å²) in [6.07, 6.45) is 2.08. The summed E-state index contributed by atoms with van der Waals surface area (Å²) in [6.45, 7) is 6.01. The Morgan fingerprint density at radius 1 is 1.47 bits per heavy atom. The molecule has 1 aromatic rings. The minimum Gasteiger partial charge on any atom is -0.396 e. The number of hydrogen-bond acceptors (Lipinski definition) is 5. The van der Waals surface area contributed by atoms with Crippen molar-refractivity contribution in [2.75, 3.05) is 17.7 Å². The van der Waals surface area contributed by atoms with E-state index < -0.39 is 0 Å². The first-order chi connectivity index (χ1) is 6.96. The van der Waals surface area contributed by atoms with Crippen LogP contribution in [0, 0.1) is 6.92 Å². The van der Waals surface area contributed by atoms with E-state index in [9.17, 15) is 0 Å². The Hall–Kier alpha value is -1.36. The molecule has 5 heteroatoms. The minimum absolute atomic E-state index is 0.139. The Morgan fingerprint density at radius 3 is 2.73 bits per heavy atom. The number of anilines is 2. The fourth-order valence-corrected chi connectivity index (χ4v) is 1.25. The van der Waals surface area contributed by atoms with Crippen molar-refractivity contribution in [3.63, 3.8) is 0 Å². The second-order valence-electron chi connectivity index (χ2n) is 4.22. The van der Waals surface area contributed by atoms with Gasteiger partial charge in [-0.3, -0.25) is 0 Å². The van der Waals surface area contributed by atoms with Crippen molar-refractivity contribution in [1.29, 1.82) is 0 Å². The number of nitrogens with two attached hydrogens (primary N) is 1. The number of nitrogens with one attached hydrogen (secondary N) is 1. The van der Waals surface area contributed by atoms with Crippen LogP contribution in [0.1, 0.15) is 25.8 Å². The maximum atomic E-state index is 8.91. The number of nitrogen functional groups attached to an aromatic ring is 1. The lowest BCUT2D eigenvalue weighted by Crippen LogP contribution is -2.32. The van der Waals surface area contributed by atoms with Gasteiger partial charge in [-0.15, -0.1) is 0 Å². The van der Waals surface area contributed by atoms with Crippen molar-refractivity contribution >= 4 is 11.6 Å². The smallest absolute Gasteiger partial charge is 0.134 e. The van der Waals surface area contributed by atoms with Crippen LogP contribution in [-0.4, -0.2) is 27.2 Å². The summed E-state index contributed by atoms with van der Waals surface area (Å²) in [6, 6.07) is 0. The first-order valence-electron chi connectivity index (χ1n) is 4.92. The van der Waals surface area contributed by atoms with Gasteiger partial charge in [-0.2, -0.15) is 0 Å². The highest BCUT2D eigenvalue weighted by Crippen LogP contribution is 2.21. The van der Waals surface area contributed by atoms with Gasteiger partial charge in [-0.05, 0) is 27.2 Å². The predicted octanol–water partition coefficient (Wildman–Crippen LogP) is 0.940. The Kier molecular flexibility index (Phi) is 3.47. The molecule has 4 N–H and O–H groups in total. The second-order valence-corrected chi connectivity index (χ2v) is 4.22. The molecule has 0 unspecified atom stereocenters. The maximum Gasteiger partial charge on any atom is 0.134 e. The molecule has 15 heavy (non-hydrogen) atoms. The van der Waals surface area contributed by atoms with Gasteiger partial charge in [0.15, 0.2) is 0 Å². The van der Waals surface area contributed by atoms with Crippen LogP contribution >= 0.6 is 0 Å². The first-order valence-corrected chi connectivity index (χ1v) is 4.92. The molecule has 0 aromatic carbocycles. The molecule has 5 nitrogen and oxygen atoms in total. The Labute approximate surface area is 89.7 Å². The highest BCUT2D eigenvalue weighted by atomic mass is 16.3. The van der Waals surface area contributed by atoms with E-state index in [1.54, 1.807) is 0 Å². The average Bonchev–Trinajstić information content (AvgIpc) is 2.12. The summed E-state index contributed by atoms with van der Waals surface area (Å²) in [5.41, 5.74) is 6.30. The highest BCUT2D eigenvalue weighted by Gasteiger charge is 2.18. The lowest BCUT2D eigenvalue weighted by Gasteiger charge is -2.26. The number of rotatable bonds is 4. The zero-order valence-corrected chi connectivity index (χ0v) is 9.41. The molecule has 84 valence electrons. The highest BCUT2D eigenvalue weighted by molar-refractivity contribution is 5.54. The van der Waals surface area contributed by atoms with E-state index in [0.717, 1.165) is 11.4 Å². The van der Waals surface area contributed by atoms with Gasteiger partial charge in [0.05, 0.1) is 0 Å². The average molecular weight is 210 g/mol. The lowest BCUT2D eigenvalue weighted by atomic mass is 10.0. The molecule has 0 saturated heterocycles. The quantitative estimate of drug-likeness (QED) is 0.688. The zero-order valence-electron chi connectivity index (χ0n) is 9.41. The van der Waals surface area contributed by atoms with Gasteiger partial charge < -0.3 is 16.2 Å². The zero-order chi connectivity index (χ0) is 11.5. The van der Waals surface area contributed by atoms with Gasteiger partial charge in [0.25, 0.3) is 0 Å². The van der Waals surface area contributed by atoms with E-state index in [-0.39, 0.29) is 12.1 Å². The van der Waals surface area contributed by atoms with E-state index in [2.05, 4.69) is 15.3 Å².